The Labute approximate surface area is 156 Å². The summed E-state index contributed by atoms with van der Waals surface area (Å²) < 4.78 is 5.57. The van der Waals surface area contributed by atoms with Gasteiger partial charge in [-0.3, -0.25) is 0 Å². The molecule has 0 fully saturated rings. The molecule has 0 heterocycles. The first-order valence-electron chi connectivity index (χ1n) is 9.84. The first kappa shape index (κ1) is 21.7. The Balaban J connectivity index is 2.56. The van der Waals surface area contributed by atoms with Crippen molar-refractivity contribution < 1.29 is 4.74 Å². The van der Waals surface area contributed by atoms with Crippen LogP contribution in [0, 0.1) is 5.41 Å². The second-order valence-electron chi connectivity index (χ2n) is 7.91. The highest BCUT2D eigenvalue weighted by atomic mass is 16.5. The van der Waals surface area contributed by atoms with Crippen LogP contribution in [0.25, 0.3) is 0 Å². The lowest BCUT2D eigenvalue weighted by atomic mass is 9.72. The maximum Gasteiger partial charge on any atom is 0.0653 e. The Hall–Kier alpha value is -1.34. The smallest absolute Gasteiger partial charge is 0.0653 e. The SMILES string of the molecule is CCCCOC/C=C(C)/C=C/C=C(C)/C=C/C1=C(C)CCCC1(C)C. The van der Waals surface area contributed by atoms with Crippen molar-refractivity contribution in [3.63, 3.8) is 0 Å². The van der Waals surface area contributed by atoms with Gasteiger partial charge in [0.1, 0.15) is 0 Å². The third kappa shape index (κ3) is 8.54. The molecule has 0 aromatic rings. The van der Waals surface area contributed by atoms with E-state index in [2.05, 4.69) is 78.0 Å². The van der Waals surface area contributed by atoms with Crippen molar-refractivity contribution >= 4 is 0 Å². The van der Waals surface area contributed by atoms with E-state index < -0.39 is 0 Å². The van der Waals surface area contributed by atoms with Gasteiger partial charge in [0.25, 0.3) is 0 Å². The number of allylic oxidation sites excluding steroid dienone is 9. The number of hydrogen-bond acceptors (Lipinski definition) is 1. The molecule has 0 spiro atoms. The van der Waals surface area contributed by atoms with Gasteiger partial charge in [-0.25, -0.2) is 0 Å². The van der Waals surface area contributed by atoms with Crippen molar-refractivity contribution in [2.75, 3.05) is 13.2 Å². The summed E-state index contributed by atoms with van der Waals surface area (Å²) in [7, 11) is 0. The third-order valence-corrected chi connectivity index (χ3v) is 4.94. The van der Waals surface area contributed by atoms with Crippen LogP contribution in [0.2, 0.25) is 0 Å². The molecule has 0 amide bonds. The summed E-state index contributed by atoms with van der Waals surface area (Å²) in [6.07, 6.45) is 19.4. The molecule has 0 unspecified atom stereocenters. The highest BCUT2D eigenvalue weighted by Crippen LogP contribution is 2.40. The van der Waals surface area contributed by atoms with Gasteiger partial charge in [0, 0.05) is 6.61 Å². The average Bonchev–Trinajstić information content (AvgIpc) is 2.53. The first-order valence-corrected chi connectivity index (χ1v) is 9.84. The predicted molar refractivity (Wildman–Crippen MR) is 112 cm³/mol. The van der Waals surface area contributed by atoms with Gasteiger partial charge in [-0.1, -0.05) is 80.4 Å². The van der Waals surface area contributed by atoms with Crippen LogP contribution < -0.4 is 0 Å². The number of unbranched alkanes of at least 4 members (excludes halogenated alkanes) is 1. The van der Waals surface area contributed by atoms with Gasteiger partial charge in [-0.05, 0) is 57.4 Å². The molecule has 0 bridgehead atoms. The van der Waals surface area contributed by atoms with Crippen LogP contribution in [0.15, 0.2) is 58.7 Å². The van der Waals surface area contributed by atoms with E-state index in [-0.39, 0.29) is 0 Å². The molecule has 1 aliphatic rings. The van der Waals surface area contributed by atoms with Gasteiger partial charge < -0.3 is 4.74 Å². The first-order chi connectivity index (χ1) is 11.9. The molecule has 0 radical (unpaired) electrons. The summed E-state index contributed by atoms with van der Waals surface area (Å²) in [5.41, 5.74) is 5.92. The summed E-state index contributed by atoms with van der Waals surface area (Å²) in [6.45, 7) is 15.1. The summed E-state index contributed by atoms with van der Waals surface area (Å²) in [4.78, 5) is 0. The van der Waals surface area contributed by atoms with E-state index in [0.29, 0.717) is 12.0 Å². The van der Waals surface area contributed by atoms with Crippen molar-refractivity contribution in [3.05, 3.63) is 58.7 Å². The fourth-order valence-corrected chi connectivity index (χ4v) is 3.22. The zero-order valence-electron chi connectivity index (χ0n) is 17.3. The standard InChI is InChI=1S/C24H38O/c1-7-8-18-25-19-16-21(3)12-9-11-20(2)14-15-23-22(4)13-10-17-24(23,5)6/h9,11-12,14-16H,7-8,10,13,17-19H2,1-6H3/b12-9+,15-14+,20-11+,21-16+. The molecule has 0 saturated heterocycles. The second kappa shape index (κ2) is 11.3. The molecule has 140 valence electrons. The number of ether oxygens (including phenoxy) is 1. The Morgan fingerprint density at radius 2 is 1.92 bits per heavy atom. The van der Waals surface area contributed by atoms with Crippen molar-refractivity contribution in [2.24, 2.45) is 5.41 Å². The molecule has 1 rings (SSSR count). The largest absolute Gasteiger partial charge is 0.377 e. The quantitative estimate of drug-likeness (QED) is 0.315. The lowest BCUT2D eigenvalue weighted by Gasteiger charge is -2.32. The maximum absolute atomic E-state index is 5.57. The van der Waals surface area contributed by atoms with E-state index in [0.717, 1.165) is 13.0 Å². The van der Waals surface area contributed by atoms with Gasteiger partial charge in [0.05, 0.1) is 6.61 Å². The zero-order valence-corrected chi connectivity index (χ0v) is 17.3. The van der Waals surface area contributed by atoms with E-state index in [1.807, 2.05) is 0 Å². The number of rotatable bonds is 9. The topological polar surface area (TPSA) is 9.23 Å². The normalized spacial score (nSPS) is 19.4. The van der Waals surface area contributed by atoms with Crippen LogP contribution >= 0.6 is 0 Å². The summed E-state index contributed by atoms with van der Waals surface area (Å²) in [6, 6.07) is 0. The van der Waals surface area contributed by atoms with Crippen molar-refractivity contribution in [1.29, 1.82) is 0 Å². The van der Waals surface area contributed by atoms with E-state index in [1.165, 1.54) is 42.4 Å². The van der Waals surface area contributed by atoms with E-state index in [4.69, 9.17) is 4.74 Å². The highest BCUT2D eigenvalue weighted by Gasteiger charge is 2.26. The maximum atomic E-state index is 5.57. The lowest BCUT2D eigenvalue weighted by molar-refractivity contribution is 0.158. The van der Waals surface area contributed by atoms with Crippen LogP contribution in [0.3, 0.4) is 0 Å². The molecular formula is C24H38O. The lowest BCUT2D eigenvalue weighted by Crippen LogP contribution is -2.19. The molecule has 1 nitrogen and oxygen atoms in total. The van der Waals surface area contributed by atoms with Gasteiger partial charge in [0.2, 0.25) is 0 Å². The minimum absolute atomic E-state index is 0.312. The van der Waals surface area contributed by atoms with Gasteiger partial charge in [-0.2, -0.15) is 0 Å². The van der Waals surface area contributed by atoms with Gasteiger partial charge in [0.15, 0.2) is 0 Å². The minimum Gasteiger partial charge on any atom is -0.377 e. The summed E-state index contributed by atoms with van der Waals surface area (Å²) in [5.74, 6) is 0. The fourth-order valence-electron chi connectivity index (χ4n) is 3.22. The third-order valence-electron chi connectivity index (χ3n) is 4.94. The van der Waals surface area contributed by atoms with Crippen molar-refractivity contribution in [3.8, 4) is 0 Å². The van der Waals surface area contributed by atoms with E-state index in [9.17, 15) is 0 Å². The van der Waals surface area contributed by atoms with Crippen LogP contribution in [0.1, 0.15) is 73.6 Å². The molecule has 0 aromatic carbocycles. The molecular weight excluding hydrogens is 304 g/mol. The predicted octanol–water partition coefficient (Wildman–Crippen LogP) is 7.33. The average molecular weight is 343 g/mol. The van der Waals surface area contributed by atoms with Crippen LogP contribution in [0.4, 0.5) is 0 Å². The molecule has 1 heteroatoms. The highest BCUT2D eigenvalue weighted by molar-refractivity contribution is 5.37. The molecule has 0 N–H and O–H groups in total. The van der Waals surface area contributed by atoms with E-state index >= 15 is 0 Å². The van der Waals surface area contributed by atoms with Crippen molar-refractivity contribution in [2.45, 2.75) is 73.6 Å². The Kier molecular flexibility index (Phi) is 9.82. The van der Waals surface area contributed by atoms with E-state index in [1.54, 1.807) is 5.57 Å². The summed E-state index contributed by atoms with van der Waals surface area (Å²) in [5, 5.41) is 0. The molecule has 0 aromatic heterocycles. The van der Waals surface area contributed by atoms with Crippen LogP contribution in [0.5, 0.6) is 0 Å². The fraction of sp³-hybridized carbons (Fsp3) is 0.583. The van der Waals surface area contributed by atoms with Crippen LogP contribution in [-0.4, -0.2) is 13.2 Å². The summed E-state index contributed by atoms with van der Waals surface area (Å²) >= 11 is 0. The molecule has 1 aliphatic carbocycles. The van der Waals surface area contributed by atoms with Gasteiger partial charge in [-0.15, -0.1) is 0 Å². The second-order valence-corrected chi connectivity index (χ2v) is 7.91. The molecule has 0 aliphatic heterocycles. The monoisotopic (exact) mass is 342 g/mol. The Bertz CT molecular complexity index is 553. The molecule has 25 heavy (non-hydrogen) atoms. The molecule has 0 atom stereocenters. The molecule has 0 saturated carbocycles. The van der Waals surface area contributed by atoms with Crippen LogP contribution in [-0.2, 0) is 4.74 Å². The van der Waals surface area contributed by atoms with Gasteiger partial charge >= 0.3 is 0 Å². The van der Waals surface area contributed by atoms with Crippen molar-refractivity contribution in [1.82, 2.24) is 0 Å². The Morgan fingerprint density at radius 3 is 2.60 bits per heavy atom. The minimum atomic E-state index is 0.312. The number of hydrogen-bond donors (Lipinski definition) is 0. The Morgan fingerprint density at radius 1 is 1.16 bits per heavy atom. The zero-order chi connectivity index (χ0) is 18.7.